The Labute approximate surface area is 192 Å². The van der Waals surface area contributed by atoms with Gasteiger partial charge >= 0.3 is 0 Å². The number of anilines is 1. The third-order valence-corrected chi connectivity index (χ3v) is 4.98. The van der Waals surface area contributed by atoms with Crippen LogP contribution in [0, 0.1) is 6.92 Å². The highest BCUT2D eigenvalue weighted by molar-refractivity contribution is 14.0. The van der Waals surface area contributed by atoms with Crippen LogP contribution in [0.15, 0.2) is 46.1 Å². The van der Waals surface area contributed by atoms with Crippen molar-refractivity contribution < 1.29 is 4.42 Å². The molecule has 3 N–H and O–H groups in total. The molecule has 9 nitrogen and oxygen atoms in total. The van der Waals surface area contributed by atoms with Crippen molar-refractivity contribution in [3.63, 3.8) is 0 Å². The zero-order chi connectivity index (χ0) is 20.1. The quantitative estimate of drug-likeness (QED) is 0.269. The lowest BCUT2D eigenvalue weighted by Gasteiger charge is -2.33. The molecule has 3 aromatic heterocycles. The minimum atomic E-state index is 0. The van der Waals surface area contributed by atoms with E-state index in [2.05, 4.69) is 59.7 Å². The van der Waals surface area contributed by atoms with Gasteiger partial charge in [-0.15, -0.1) is 29.1 Å². The van der Waals surface area contributed by atoms with E-state index in [1.807, 2.05) is 18.3 Å². The number of hydrogen-bond donors (Lipinski definition) is 3. The van der Waals surface area contributed by atoms with Crippen molar-refractivity contribution in [2.45, 2.75) is 32.4 Å². The normalized spacial score (nSPS) is 15.0. The molecule has 1 fully saturated rings. The van der Waals surface area contributed by atoms with Gasteiger partial charge in [-0.3, -0.25) is 10.1 Å². The van der Waals surface area contributed by atoms with Crippen LogP contribution in [0.5, 0.6) is 0 Å². The number of aromatic nitrogens is 4. The average Bonchev–Trinajstić information content (AvgIpc) is 3.44. The zero-order valence-corrected chi connectivity index (χ0v) is 19.5. The molecule has 4 heterocycles. The number of nitrogens with one attached hydrogen (secondary N) is 3. The van der Waals surface area contributed by atoms with E-state index in [9.17, 15) is 0 Å². The third-order valence-electron chi connectivity index (χ3n) is 4.98. The first kappa shape index (κ1) is 22.1. The van der Waals surface area contributed by atoms with E-state index in [0.29, 0.717) is 24.2 Å². The molecule has 0 spiro atoms. The van der Waals surface area contributed by atoms with E-state index in [4.69, 9.17) is 4.42 Å². The number of piperidine rings is 1. The van der Waals surface area contributed by atoms with Crippen molar-refractivity contribution in [2.75, 3.05) is 25.0 Å². The van der Waals surface area contributed by atoms with Gasteiger partial charge in [-0.1, -0.05) is 6.07 Å². The summed E-state index contributed by atoms with van der Waals surface area (Å²) in [5.41, 5.74) is 1.18. The summed E-state index contributed by atoms with van der Waals surface area (Å²) < 4.78 is 5.32. The van der Waals surface area contributed by atoms with Crippen LogP contribution in [0.2, 0.25) is 0 Å². The van der Waals surface area contributed by atoms with Crippen LogP contribution < -0.4 is 15.5 Å². The van der Waals surface area contributed by atoms with Gasteiger partial charge in [0.2, 0.25) is 5.82 Å². The number of aromatic amines is 1. The Bertz CT molecular complexity index is 930. The minimum absolute atomic E-state index is 0. The molecule has 1 aliphatic heterocycles. The highest BCUT2D eigenvalue weighted by atomic mass is 127. The first-order valence-corrected chi connectivity index (χ1v) is 9.81. The van der Waals surface area contributed by atoms with Gasteiger partial charge in [-0.2, -0.15) is 0 Å². The molecular weight excluding hydrogens is 495 g/mol. The van der Waals surface area contributed by atoms with Crippen LogP contribution in [0.4, 0.5) is 5.82 Å². The number of halogens is 1. The number of hydrogen-bond acceptors (Lipinski definition) is 6. The lowest BCUT2D eigenvalue weighted by atomic mass is 10.1. The summed E-state index contributed by atoms with van der Waals surface area (Å²) in [7, 11) is 1.77. The van der Waals surface area contributed by atoms with Crippen molar-refractivity contribution in [3.05, 3.63) is 48.1 Å². The van der Waals surface area contributed by atoms with E-state index >= 15 is 0 Å². The number of furan rings is 1. The molecule has 4 rings (SSSR count). The number of guanidine groups is 1. The Hall–Kier alpha value is -2.63. The van der Waals surface area contributed by atoms with Crippen LogP contribution in [-0.4, -0.2) is 52.3 Å². The average molecular weight is 522 g/mol. The van der Waals surface area contributed by atoms with Gasteiger partial charge < -0.3 is 20.0 Å². The summed E-state index contributed by atoms with van der Waals surface area (Å²) in [5, 5.41) is 13.9. The van der Waals surface area contributed by atoms with Crippen molar-refractivity contribution in [1.29, 1.82) is 0 Å². The van der Waals surface area contributed by atoms with Gasteiger partial charge in [0.05, 0.1) is 12.8 Å². The Balaban J connectivity index is 0.00000256. The molecule has 1 aliphatic rings. The van der Waals surface area contributed by atoms with Gasteiger partial charge in [0.1, 0.15) is 11.6 Å². The smallest absolute Gasteiger partial charge is 0.216 e. The van der Waals surface area contributed by atoms with E-state index in [-0.39, 0.29) is 24.0 Å². The molecule has 30 heavy (non-hydrogen) atoms. The monoisotopic (exact) mass is 522 g/mol. The molecule has 0 radical (unpaired) electrons. The molecule has 1 saturated heterocycles. The van der Waals surface area contributed by atoms with Crippen molar-refractivity contribution >= 4 is 35.8 Å². The predicted molar refractivity (Wildman–Crippen MR) is 127 cm³/mol. The van der Waals surface area contributed by atoms with Crippen LogP contribution in [-0.2, 0) is 6.54 Å². The summed E-state index contributed by atoms with van der Waals surface area (Å²) in [5.74, 6) is 3.72. The summed E-state index contributed by atoms with van der Waals surface area (Å²) in [6, 6.07) is 8.22. The largest absolute Gasteiger partial charge is 0.461 e. The number of nitrogens with zero attached hydrogens (tertiary/aromatic N) is 5. The SMILES string of the molecule is CN=C(NCc1nc(-c2ccco2)n[nH]1)NC1CCN(c2ccc(C)cn2)CC1.I. The second-order valence-electron chi connectivity index (χ2n) is 7.11. The van der Waals surface area contributed by atoms with Gasteiger partial charge in [0, 0.05) is 32.4 Å². The summed E-state index contributed by atoms with van der Waals surface area (Å²) in [6.45, 7) is 4.50. The maximum atomic E-state index is 5.32. The third kappa shape index (κ3) is 5.49. The van der Waals surface area contributed by atoms with Gasteiger partial charge in [0.25, 0.3) is 0 Å². The maximum Gasteiger partial charge on any atom is 0.216 e. The van der Waals surface area contributed by atoms with E-state index < -0.39 is 0 Å². The molecule has 0 aromatic carbocycles. The van der Waals surface area contributed by atoms with Crippen LogP contribution >= 0.6 is 24.0 Å². The highest BCUT2D eigenvalue weighted by Crippen LogP contribution is 2.18. The molecule has 0 saturated carbocycles. The van der Waals surface area contributed by atoms with Crippen LogP contribution in [0.1, 0.15) is 24.2 Å². The topological polar surface area (TPSA) is 107 Å². The van der Waals surface area contributed by atoms with Crippen LogP contribution in [0.3, 0.4) is 0 Å². The number of pyridine rings is 1. The predicted octanol–water partition coefficient (Wildman–Crippen LogP) is 2.72. The molecule has 3 aromatic rings. The van der Waals surface area contributed by atoms with E-state index in [1.54, 1.807) is 13.3 Å². The van der Waals surface area contributed by atoms with E-state index in [1.165, 1.54) is 5.56 Å². The van der Waals surface area contributed by atoms with Gasteiger partial charge in [0.15, 0.2) is 11.7 Å². The number of H-pyrrole nitrogens is 1. The number of rotatable bonds is 5. The van der Waals surface area contributed by atoms with Crippen molar-refractivity contribution in [2.24, 2.45) is 4.99 Å². The summed E-state index contributed by atoms with van der Waals surface area (Å²) >= 11 is 0. The standard InChI is InChI=1S/C20H26N8O.HI/c1-14-5-6-18(22-12-14)28-9-7-15(8-10-28)24-20(21-2)23-13-17-25-19(27-26-17)16-4-3-11-29-16;/h3-6,11-12,15H,7-10,13H2,1-2H3,(H2,21,23,24)(H,25,26,27);1H. The second-order valence-corrected chi connectivity index (χ2v) is 7.11. The Morgan fingerprint density at radius 1 is 1.30 bits per heavy atom. The van der Waals surface area contributed by atoms with Crippen molar-refractivity contribution in [3.8, 4) is 11.6 Å². The molecule has 0 atom stereocenters. The van der Waals surface area contributed by atoms with Crippen LogP contribution in [0.25, 0.3) is 11.6 Å². The summed E-state index contributed by atoms with van der Waals surface area (Å²) in [4.78, 5) is 15.6. The highest BCUT2D eigenvalue weighted by Gasteiger charge is 2.21. The van der Waals surface area contributed by atoms with Crippen molar-refractivity contribution in [1.82, 2.24) is 30.8 Å². The Morgan fingerprint density at radius 3 is 2.80 bits per heavy atom. The van der Waals surface area contributed by atoms with Gasteiger partial charge in [-0.25, -0.2) is 9.97 Å². The number of aliphatic imine (C=N–C) groups is 1. The Kier molecular flexibility index (Phi) is 7.66. The zero-order valence-electron chi connectivity index (χ0n) is 17.1. The van der Waals surface area contributed by atoms with E-state index in [0.717, 1.165) is 43.5 Å². The first-order chi connectivity index (χ1) is 14.2. The molecule has 0 unspecified atom stereocenters. The fourth-order valence-electron chi connectivity index (χ4n) is 3.35. The molecule has 10 heteroatoms. The minimum Gasteiger partial charge on any atom is -0.461 e. The van der Waals surface area contributed by atoms with Gasteiger partial charge in [-0.05, 0) is 43.5 Å². The molecule has 0 aliphatic carbocycles. The fourth-order valence-corrected chi connectivity index (χ4v) is 3.35. The Morgan fingerprint density at radius 2 is 2.13 bits per heavy atom. The number of aryl methyl sites for hydroxylation is 1. The maximum absolute atomic E-state index is 5.32. The second kappa shape index (κ2) is 10.4. The lowest BCUT2D eigenvalue weighted by Crippen LogP contribution is -2.48. The molecule has 160 valence electrons. The first-order valence-electron chi connectivity index (χ1n) is 9.81. The molecule has 0 amide bonds. The molecular formula is C20H27IN8O. The fraction of sp³-hybridized carbons (Fsp3) is 0.400. The lowest BCUT2D eigenvalue weighted by molar-refractivity contribution is 0.459. The summed E-state index contributed by atoms with van der Waals surface area (Å²) in [6.07, 6.45) is 5.59. The molecule has 0 bridgehead atoms.